The number of ether oxygens (including phenoxy) is 2. The van der Waals surface area contributed by atoms with Gasteiger partial charge in [0.15, 0.2) is 11.5 Å². The molecule has 1 N–H and O–H groups in total. The van der Waals surface area contributed by atoms with Crippen LogP contribution in [0.3, 0.4) is 0 Å². The molecule has 3 aromatic carbocycles. The number of anilines is 1. The lowest BCUT2D eigenvalue weighted by molar-refractivity contribution is -0.384. The monoisotopic (exact) mass is 436 g/mol. The summed E-state index contributed by atoms with van der Waals surface area (Å²) in [6, 6.07) is 16.8. The van der Waals surface area contributed by atoms with Crippen molar-refractivity contribution in [2.45, 2.75) is 6.61 Å². The number of carbonyl (C=O) groups is 1. The molecule has 1 aliphatic heterocycles. The Bertz CT molecular complexity index is 1210. The van der Waals surface area contributed by atoms with Crippen molar-refractivity contribution in [3.8, 4) is 11.5 Å². The number of hydrogen-bond donors (Lipinski definition) is 1. The van der Waals surface area contributed by atoms with Gasteiger partial charge >= 0.3 is 0 Å². The van der Waals surface area contributed by atoms with Gasteiger partial charge in [0.25, 0.3) is 11.6 Å². The molecule has 156 valence electrons. The third-order valence-electron chi connectivity index (χ3n) is 4.80. The average Bonchev–Trinajstić information content (AvgIpc) is 3.06. The molecule has 1 amide bonds. The predicted octanol–water partition coefficient (Wildman–Crippen LogP) is 5.33. The second-order valence-electron chi connectivity index (χ2n) is 6.82. The number of amides is 1. The first-order valence-corrected chi connectivity index (χ1v) is 9.69. The molecular weight excluding hydrogens is 420 g/mol. The fourth-order valence-corrected chi connectivity index (χ4v) is 3.42. The van der Waals surface area contributed by atoms with E-state index < -0.39 is 4.92 Å². The van der Waals surface area contributed by atoms with Gasteiger partial charge in [-0.3, -0.25) is 14.9 Å². The number of nitro groups is 1. The van der Waals surface area contributed by atoms with Crippen LogP contribution in [0.15, 0.2) is 60.7 Å². The highest BCUT2D eigenvalue weighted by Gasteiger charge is 2.24. The van der Waals surface area contributed by atoms with Gasteiger partial charge in [-0.1, -0.05) is 23.7 Å². The number of hydrogen-bond acceptors (Lipinski definition) is 5. The molecule has 1 aliphatic rings. The van der Waals surface area contributed by atoms with E-state index in [0.717, 1.165) is 16.7 Å². The number of methoxy groups -OCH3 is 1. The van der Waals surface area contributed by atoms with Crippen LogP contribution in [0.2, 0.25) is 5.02 Å². The molecule has 0 radical (unpaired) electrons. The predicted molar refractivity (Wildman–Crippen MR) is 118 cm³/mol. The summed E-state index contributed by atoms with van der Waals surface area (Å²) in [5.74, 6) is 0.826. The van der Waals surface area contributed by atoms with Crippen LogP contribution in [0.5, 0.6) is 11.5 Å². The summed E-state index contributed by atoms with van der Waals surface area (Å²) < 4.78 is 11.3. The van der Waals surface area contributed by atoms with Crippen molar-refractivity contribution in [3.63, 3.8) is 0 Å². The zero-order valence-corrected chi connectivity index (χ0v) is 17.2. The van der Waals surface area contributed by atoms with Gasteiger partial charge in [-0.25, -0.2) is 0 Å². The number of fused-ring (bicyclic) bond motifs is 1. The molecule has 0 saturated heterocycles. The van der Waals surface area contributed by atoms with Gasteiger partial charge in [0.2, 0.25) is 0 Å². The Balaban J connectivity index is 1.54. The molecule has 0 fully saturated rings. The van der Waals surface area contributed by atoms with Crippen LogP contribution in [0, 0.1) is 10.1 Å². The lowest BCUT2D eigenvalue weighted by atomic mass is 10.0. The van der Waals surface area contributed by atoms with E-state index in [2.05, 4.69) is 5.32 Å². The molecule has 0 aliphatic carbocycles. The summed E-state index contributed by atoms with van der Waals surface area (Å²) in [6.45, 7) is 0.228. The van der Waals surface area contributed by atoms with E-state index in [1.54, 1.807) is 48.5 Å². The summed E-state index contributed by atoms with van der Waals surface area (Å²) in [5, 5.41) is 14.1. The van der Waals surface area contributed by atoms with E-state index in [0.29, 0.717) is 27.8 Å². The summed E-state index contributed by atoms with van der Waals surface area (Å²) in [4.78, 5) is 22.7. The van der Waals surface area contributed by atoms with E-state index in [-0.39, 0.29) is 18.2 Å². The van der Waals surface area contributed by atoms with Crippen LogP contribution >= 0.6 is 11.6 Å². The van der Waals surface area contributed by atoms with Crippen LogP contribution < -0.4 is 14.8 Å². The van der Waals surface area contributed by atoms with E-state index in [1.807, 2.05) is 6.07 Å². The van der Waals surface area contributed by atoms with Crippen LogP contribution in [-0.2, 0) is 11.4 Å². The number of halogens is 1. The molecule has 0 aromatic heterocycles. The maximum absolute atomic E-state index is 12.4. The van der Waals surface area contributed by atoms with Gasteiger partial charge in [0.1, 0.15) is 6.61 Å². The molecule has 7 nitrogen and oxygen atoms in total. The van der Waals surface area contributed by atoms with Gasteiger partial charge in [0.05, 0.1) is 17.7 Å². The van der Waals surface area contributed by atoms with Crippen molar-refractivity contribution in [1.29, 1.82) is 0 Å². The second kappa shape index (κ2) is 8.49. The third-order valence-corrected chi connectivity index (χ3v) is 5.04. The van der Waals surface area contributed by atoms with Gasteiger partial charge in [-0.2, -0.15) is 0 Å². The largest absolute Gasteiger partial charge is 0.493 e. The van der Waals surface area contributed by atoms with Crippen molar-refractivity contribution in [2.75, 3.05) is 12.4 Å². The van der Waals surface area contributed by atoms with Crippen molar-refractivity contribution in [3.05, 3.63) is 92.5 Å². The van der Waals surface area contributed by atoms with E-state index >= 15 is 0 Å². The molecule has 0 unspecified atom stereocenters. The lowest BCUT2D eigenvalue weighted by Gasteiger charge is -2.11. The van der Waals surface area contributed by atoms with Crippen molar-refractivity contribution in [1.82, 2.24) is 0 Å². The molecule has 1 heterocycles. The Morgan fingerprint density at radius 2 is 1.84 bits per heavy atom. The zero-order chi connectivity index (χ0) is 22.0. The van der Waals surface area contributed by atoms with Gasteiger partial charge in [-0.05, 0) is 53.6 Å². The highest BCUT2D eigenvalue weighted by atomic mass is 35.5. The number of carbonyl (C=O) groups excluding carboxylic acids is 1. The molecular formula is C23H17ClN2O5. The topological polar surface area (TPSA) is 90.7 Å². The number of nitro benzene ring substituents is 1. The Hall–Kier alpha value is -3.84. The highest BCUT2D eigenvalue weighted by Crippen LogP contribution is 2.36. The minimum absolute atomic E-state index is 0.0264. The van der Waals surface area contributed by atoms with Gasteiger partial charge in [-0.15, -0.1) is 0 Å². The fraction of sp³-hybridized carbons (Fsp3) is 0.0870. The summed E-state index contributed by atoms with van der Waals surface area (Å²) in [7, 11) is 1.53. The van der Waals surface area contributed by atoms with Crippen LogP contribution in [-0.4, -0.2) is 17.9 Å². The van der Waals surface area contributed by atoms with E-state index in [4.69, 9.17) is 21.1 Å². The summed E-state index contributed by atoms with van der Waals surface area (Å²) in [6.07, 6.45) is 1.78. The smallest absolute Gasteiger partial charge is 0.269 e. The van der Waals surface area contributed by atoms with E-state index in [9.17, 15) is 14.9 Å². The number of rotatable bonds is 6. The molecule has 31 heavy (non-hydrogen) atoms. The minimum atomic E-state index is -0.446. The fourth-order valence-electron chi connectivity index (χ4n) is 3.24. The quantitative estimate of drug-likeness (QED) is 0.320. The maximum atomic E-state index is 12.4. The zero-order valence-electron chi connectivity index (χ0n) is 16.4. The normalized spacial score (nSPS) is 13.6. The number of nitrogens with zero attached hydrogens (tertiary/aromatic N) is 1. The Labute approximate surface area is 183 Å². The SMILES string of the molecule is COc1cc(C=C2C(=O)Nc3cc(Cl)ccc32)ccc1OCc1ccc([N+](=O)[O-])cc1. The second-order valence-corrected chi connectivity index (χ2v) is 7.26. The lowest BCUT2D eigenvalue weighted by Crippen LogP contribution is -2.03. The summed E-state index contributed by atoms with van der Waals surface area (Å²) >= 11 is 6.00. The van der Waals surface area contributed by atoms with Crippen LogP contribution in [0.25, 0.3) is 11.6 Å². The first-order chi connectivity index (χ1) is 14.9. The van der Waals surface area contributed by atoms with Gasteiger partial charge < -0.3 is 14.8 Å². The first kappa shape index (κ1) is 20.4. The van der Waals surface area contributed by atoms with Crippen LogP contribution in [0.1, 0.15) is 16.7 Å². The molecule has 0 bridgehead atoms. The minimum Gasteiger partial charge on any atom is -0.493 e. The standard InChI is InChI=1S/C23H17ClN2O5/c1-30-22-11-15(10-19-18-8-5-16(24)12-20(18)25-23(19)27)4-9-21(22)31-13-14-2-6-17(7-3-14)26(28)29/h2-12H,13H2,1H3,(H,25,27). The van der Waals surface area contributed by atoms with Gasteiger partial charge in [0, 0.05) is 28.3 Å². The van der Waals surface area contributed by atoms with Crippen molar-refractivity contribution in [2.24, 2.45) is 0 Å². The van der Waals surface area contributed by atoms with Crippen molar-refractivity contribution >= 4 is 40.5 Å². The summed E-state index contributed by atoms with van der Waals surface area (Å²) in [5.41, 5.74) is 3.58. The van der Waals surface area contributed by atoms with Crippen molar-refractivity contribution < 1.29 is 19.2 Å². The Kier molecular flexibility index (Phi) is 5.60. The maximum Gasteiger partial charge on any atom is 0.269 e. The number of non-ortho nitro benzene ring substituents is 1. The highest BCUT2D eigenvalue weighted by molar-refractivity contribution is 6.36. The number of nitrogens with one attached hydrogen (secondary N) is 1. The Morgan fingerprint density at radius 3 is 2.55 bits per heavy atom. The first-order valence-electron chi connectivity index (χ1n) is 9.32. The molecule has 0 saturated carbocycles. The average molecular weight is 437 g/mol. The Morgan fingerprint density at radius 1 is 1.06 bits per heavy atom. The molecule has 4 rings (SSSR count). The molecule has 8 heteroatoms. The molecule has 0 atom stereocenters. The van der Waals surface area contributed by atoms with Crippen LogP contribution in [0.4, 0.5) is 11.4 Å². The molecule has 0 spiro atoms. The third kappa shape index (κ3) is 4.36. The molecule has 3 aromatic rings. The number of benzene rings is 3. The van der Waals surface area contributed by atoms with E-state index in [1.165, 1.54) is 19.2 Å².